The zero-order valence-electron chi connectivity index (χ0n) is 34.3. The molecule has 0 aromatic heterocycles. The molecule has 0 aliphatic rings. The van der Waals surface area contributed by atoms with E-state index in [9.17, 15) is 0 Å². The summed E-state index contributed by atoms with van der Waals surface area (Å²) in [5.41, 5.74) is 12.7. The molecule has 0 bridgehead atoms. The minimum Gasteiger partial charge on any atom is -0.309 e. The average molecular weight is 812 g/mol. The standard InChI is InChI=1S/C60H45NS/c1-7-21-46(22-8-1)51-39-44-60(58(45-51)50-25-11-3-12-26-50)61(59-34-20-19-33-57(59)49-23-9-2-10-24-49)52-40-35-47(36-41-52)48-37-42-56(43-38-48)62(53-27-13-4-14-28-53,54-29-15-5-16-30-54)55-31-17-6-18-32-55/h1-45H. The molecule has 0 saturated heterocycles. The van der Waals surface area contributed by atoms with E-state index in [1.807, 2.05) is 0 Å². The average Bonchev–Trinajstić information content (AvgIpc) is 3.37. The largest absolute Gasteiger partial charge is 0.309 e. The normalized spacial score (nSPS) is 11.5. The van der Waals surface area contributed by atoms with Crippen LogP contribution in [-0.4, -0.2) is 0 Å². The summed E-state index contributed by atoms with van der Waals surface area (Å²) in [5, 5.41) is 0. The molecule has 10 rings (SSSR count). The van der Waals surface area contributed by atoms with Crippen LogP contribution < -0.4 is 4.90 Å². The predicted octanol–water partition coefficient (Wildman–Crippen LogP) is 17.2. The Balaban J connectivity index is 1.10. The van der Waals surface area contributed by atoms with Gasteiger partial charge in [0.05, 0.1) is 11.4 Å². The van der Waals surface area contributed by atoms with Crippen LogP contribution in [-0.2, 0) is 0 Å². The van der Waals surface area contributed by atoms with Gasteiger partial charge in [0.2, 0.25) is 0 Å². The molecule has 0 aliphatic carbocycles. The van der Waals surface area contributed by atoms with Crippen LogP contribution in [0.3, 0.4) is 0 Å². The Hall–Kier alpha value is -7.65. The van der Waals surface area contributed by atoms with Crippen LogP contribution in [0.2, 0.25) is 0 Å². The Labute approximate surface area is 367 Å². The van der Waals surface area contributed by atoms with E-state index >= 15 is 0 Å². The fourth-order valence-corrected chi connectivity index (χ4v) is 12.5. The highest BCUT2D eigenvalue weighted by molar-refractivity contribution is 8.34. The molecule has 0 N–H and O–H groups in total. The molecule has 1 nitrogen and oxygen atoms in total. The number of benzene rings is 10. The van der Waals surface area contributed by atoms with Crippen LogP contribution in [0.25, 0.3) is 44.5 Å². The Morgan fingerprint density at radius 2 is 0.565 bits per heavy atom. The van der Waals surface area contributed by atoms with Gasteiger partial charge in [0, 0.05) is 36.4 Å². The highest BCUT2D eigenvalue weighted by Gasteiger charge is 2.33. The molecular weight excluding hydrogens is 767 g/mol. The maximum Gasteiger partial charge on any atom is 0.0540 e. The van der Waals surface area contributed by atoms with Gasteiger partial charge in [-0.05, 0) is 112 Å². The topological polar surface area (TPSA) is 3.24 Å². The zero-order chi connectivity index (χ0) is 41.6. The number of para-hydroxylation sites is 1. The predicted molar refractivity (Wildman–Crippen MR) is 263 cm³/mol. The first kappa shape index (κ1) is 38.5. The van der Waals surface area contributed by atoms with Gasteiger partial charge in [-0.25, -0.2) is 0 Å². The Morgan fingerprint density at radius 3 is 1.06 bits per heavy atom. The number of hydrogen-bond donors (Lipinski definition) is 0. The summed E-state index contributed by atoms with van der Waals surface area (Å²) in [6, 6.07) is 99.3. The molecule has 62 heavy (non-hydrogen) atoms. The van der Waals surface area contributed by atoms with Crippen molar-refractivity contribution < 1.29 is 0 Å². The second kappa shape index (κ2) is 17.5. The van der Waals surface area contributed by atoms with E-state index < -0.39 is 10.0 Å². The van der Waals surface area contributed by atoms with Gasteiger partial charge in [0.25, 0.3) is 0 Å². The summed E-state index contributed by atoms with van der Waals surface area (Å²) in [6.45, 7) is 0. The fourth-order valence-electron chi connectivity index (χ4n) is 8.67. The van der Waals surface area contributed by atoms with Gasteiger partial charge in [-0.15, -0.1) is 10.0 Å². The molecule has 10 aromatic rings. The lowest BCUT2D eigenvalue weighted by Crippen LogP contribution is -2.12. The first-order valence-corrected chi connectivity index (χ1v) is 22.8. The fraction of sp³-hybridized carbons (Fsp3) is 0. The van der Waals surface area contributed by atoms with Crippen molar-refractivity contribution in [1.29, 1.82) is 0 Å². The third-order valence-corrected chi connectivity index (χ3v) is 15.5. The summed E-state index contributed by atoms with van der Waals surface area (Å²) in [6.07, 6.45) is 0. The number of hydrogen-bond acceptors (Lipinski definition) is 1. The molecule has 0 fully saturated rings. The van der Waals surface area contributed by atoms with E-state index in [0.29, 0.717) is 0 Å². The van der Waals surface area contributed by atoms with Crippen LogP contribution in [0.1, 0.15) is 0 Å². The second-order valence-corrected chi connectivity index (χ2v) is 18.4. The molecule has 0 aliphatic heterocycles. The van der Waals surface area contributed by atoms with E-state index in [1.54, 1.807) is 0 Å². The lowest BCUT2D eigenvalue weighted by Gasteiger charge is -2.42. The SMILES string of the molecule is c1ccc(-c2ccc(N(c3ccc(-c4ccc(S(c5ccccc5)(c5ccccc5)c5ccccc5)cc4)cc3)c3ccccc3-c3ccccc3)c(-c3ccccc3)c2)cc1. The Morgan fingerprint density at radius 1 is 0.226 bits per heavy atom. The van der Waals surface area contributed by atoms with Crippen molar-refractivity contribution in [2.75, 3.05) is 4.90 Å². The van der Waals surface area contributed by atoms with Gasteiger partial charge in [0.1, 0.15) is 0 Å². The van der Waals surface area contributed by atoms with Gasteiger partial charge in [-0.2, -0.15) is 0 Å². The Bertz CT molecular complexity index is 2910. The summed E-state index contributed by atoms with van der Waals surface area (Å²) in [7, 11) is -1.77. The van der Waals surface area contributed by atoms with E-state index in [-0.39, 0.29) is 0 Å². The molecule has 0 heterocycles. The molecule has 10 aromatic carbocycles. The van der Waals surface area contributed by atoms with Gasteiger partial charge in [-0.3, -0.25) is 0 Å². The van der Waals surface area contributed by atoms with Gasteiger partial charge < -0.3 is 4.90 Å². The zero-order valence-corrected chi connectivity index (χ0v) is 35.2. The highest BCUT2D eigenvalue weighted by atomic mass is 32.3. The smallest absolute Gasteiger partial charge is 0.0540 e. The second-order valence-electron chi connectivity index (χ2n) is 15.3. The third-order valence-electron chi connectivity index (χ3n) is 11.6. The van der Waals surface area contributed by atoms with E-state index in [0.717, 1.165) is 22.6 Å². The maximum absolute atomic E-state index is 2.43. The summed E-state index contributed by atoms with van der Waals surface area (Å²) in [4.78, 5) is 7.69. The van der Waals surface area contributed by atoms with E-state index in [1.165, 1.54) is 58.5 Å². The molecule has 0 unspecified atom stereocenters. The number of rotatable bonds is 11. The van der Waals surface area contributed by atoms with Crippen LogP contribution in [0.4, 0.5) is 17.1 Å². The first-order valence-electron chi connectivity index (χ1n) is 21.2. The lowest BCUT2D eigenvalue weighted by molar-refractivity contribution is 1.24. The van der Waals surface area contributed by atoms with Crippen molar-refractivity contribution in [2.24, 2.45) is 0 Å². The molecule has 0 spiro atoms. The highest BCUT2D eigenvalue weighted by Crippen LogP contribution is 2.73. The van der Waals surface area contributed by atoms with Gasteiger partial charge >= 0.3 is 0 Å². The van der Waals surface area contributed by atoms with Crippen molar-refractivity contribution in [3.63, 3.8) is 0 Å². The Kier molecular flexibility index (Phi) is 10.9. The van der Waals surface area contributed by atoms with Crippen LogP contribution >= 0.6 is 10.0 Å². The van der Waals surface area contributed by atoms with Crippen molar-refractivity contribution in [3.8, 4) is 44.5 Å². The van der Waals surface area contributed by atoms with Crippen LogP contribution in [0.15, 0.2) is 293 Å². The molecule has 296 valence electrons. The summed E-state index contributed by atoms with van der Waals surface area (Å²) in [5.74, 6) is 0. The van der Waals surface area contributed by atoms with Gasteiger partial charge in [0.15, 0.2) is 0 Å². The first-order chi connectivity index (χ1) is 30.8. The van der Waals surface area contributed by atoms with Crippen molar-refractivity contribution in [1.82, 2.24) is 0 Å². The molecule has 0 atom stereocenters. The molecule has 0 saturated carbocycles. The quantitative estimate of drug-likeness (QED) is 0.126. The third kappa shape index (κ3) is 7.42. The maximum atomic E-state index is 2.43. The molecule has 2 heteroatoms. The lowest BCUT2D eigenvalue weighted by atomic mass is 9.95. The molecular formula is C60H45NS. The van der Waals surface area contributed by atoms with Crippen molar-refractivity contribution in [2.45, 2.75) is 19.6 Å². The van der Waals surface area contributed by atoms with Crippen LogP contribution in [0, 0.1) is 0 Å². The molecule has 0 radical (unpaired) electrons. The van der Waals surface area contributed by atoms with Gasteiger partial charge in [-0.1, -0.05) is 194 Å². The van der Waals surface area contributed by atoms with E-state index in [4.69, 9.17) is 0 Å². The number of nitrogens with zero attached hydrogens (tertiary/aromatic N) is 1. The summed E-state index contributed by atoms with van der Waals surface area (Å²) < 4.78 is 0. The van der Waals surface area contributed by atoms with Crippen molar-refractivity contribution in [3.05, 3.63) is 273 Å². The minimum absolute atomic E-state index is 1.08. The van der Waals surface area contributed by atoms with Crippen LogP contribution in [0.5, 0.6) is 0 Å². The summed E-state index contributed by atoms with van der Waals surface area (Å²) >= 11 is 0. The van der Waals surface area contributed by atoms with E-state index in [2.05, 4.69) is 278 Å². The monoisotopic (exact) mass is 811 g/mol. The minimum atomic E-state index is -1.77. The van der Waals surface area contributed by atoms with Crippen molar-refractivity contribution >= 4 is 27.1 Å². The number of anilines is 3. The molecule has 0 amide bonds.